The van der Waals surface area contributed by atoms with Gasteiger partial charge in [0, 0.05) is 32.6 Å². The Hall–Kier alpha value is -0.730. The highest BCUT2D eigenvalue weighted by Gasteiger charge is 2.65. The molecule has 2 heterocycles. The van der Waals surface area contributed by atoms with E-state index in [-0.39, 0.29) is 35.1 Å². The Labute approximate surface area is 242 Å². The fourth-order valence-electron chi connectivity index (χ4n) is 11.3. The second kappa shape index (κ2) is 11.4. The van der Waals surface area contributed by atoms with Gasteiger partial charge >= 0.3 is 0 Å². The number of nitrogens with zero attached hydrogens (tertiary/aromatic N) is 2. The van der Waals surface area contributed by atoms with Gasteiger partial charge in [0.25, 0.3) is 0 Å². The fourth-order valence-corrected chi connectivity index (χ4v) is 11.3. The zero-order chi connectivity index (χ0) is 28.2. The number of hydrogen-bond acceptors (Lipinski definition) is 6. The van der Waals surface area contributed by atoms with Gasteiger partial charge < -0.3 is 25.5 Å². The minimum Gasteiger partial charge on any atom is -0.393 e. The number of amides is 1. The quantitative estimate of drug-likeness (QED) is 0.411. The van der Waals surface area contributed by atoms with Crippen LogP contribution >= 0.6 is 0 Å². The van der Waals surface area contributed by atoms with Crippen molar-refractivity contribution >= 4 is 5.91 Å². The summed E-state index contributed by atoms with van der Waals surface area (Å²) in [5, 5.41) is 37.4. The van der Waals surface area contributed by atoms with Crippen LogP contribution in [0.2, 0.25) is 0 Å². The van der Waals surface area contributed by atoms with E-state index in [4.69, 9.17) is 0 Å². The first-order valence-corrected chi connectivity index (χ1v) is 16.9. The van der Waals surface area contributed by atoms with Gasteiger partial charge in [-0.3, -0.25) is 9.69 Å². The number of piperazine rings is 1. The number of carbonyl (C=O) groups is 1. The molecule has 0 aromatic heterocycles. The molecule has 2 saturated heterocycles. The number of fused-ring (bicyclic) bond motifs is 5. The third-order valence-electron chi connectivity index (χ3n) is 13.7. The van der Waals surface area contributed by atoms with Gasteiger partial charge in [0.05, 0.1) is 24.5 Å². The van der Waals surface area contributed by atoms with Crippen LogP contribution in [-0.2, 0) is 4.79 Å². The number of aliphatic hydroxyl groups excluding tert-OH is 3. The summed E-state index contributed by atoms with van der Waals surface area (Å²) in [6.07, 6.45) is 11.3. The topological polar surface area (TPSA) is 96.3 Å². The molecule has 4 aliphatic carbocycles. The summed E-state index contributed by atoms with van der Waals surface area (Å²) in [4.78, 5) is 17.9. The molecule has 7 heteroatoms. The lowest BCUT2D eigenvalue weighted by atomic mass is 9.43. The molecule has 6 rings (SSSR count). The summed E-state index contributed by atoms with van der Waals surface area (Å²) in [6.45, 7) is 11.8. The lowest BCUT2D eigenvalue weighted by Gasteiger charge is -2.63. The Morgan fingerprint density at radius 1 is 0.950 bits per heavy atom. The highest BCUT2D eigenvalue weighted by Crippen LogP contribution is 2.68. The summed E-state index contributed by atoms with van der Waals surface area (Å²) >= 11 is 0. The maximum Gasteiger partial charge on any atom is 0.222 e. The van der Waals surface area contributed by atoms with E-state index in [2.05, 4.69) is 35.9 Å². The molecule has 6 aliphatic rings. The van der Waals surface area contributed by atoms with Crippen molar-refractivity contribution in [3.05, 3.63) is 0 Å². The SMILES string of the molecule is C[C@H](CCC(=O)N1CCN(C2CCCCN2)CC1)[C@@H]1CC[C@@H]2[C@@H]3[C@H](O)C[C@H]4C[C@H](O)CC[C@]4(C)[C@@H]3C[C@H](O)[C@@]21C. The monoisotopic (exact) mass is 559 g/mol. The molecule has 1 amide bonds. The van der Waals surface area contributed by atoms with E-state index in [9.17, 15) is 20.1 Å². The number of rotatable bonds is 5. The molecular weight excluding hydrogens is 502 g/mol. The zero-order valence-corrected chi connectivity index (χ0v) is 25.4. The molecular formula is C33H57N3O4. The smallest absolute Gasteiger partial charge is 0.222 e. The van der Waals surface area contributed by atoms with Gasteiger partial charge in [0.2, 0.25) is 5.91 Å². The number of nitrogens with one attached hydrogen (secondary N) is 1. The zero-order valence-electron chi connectivity index (χ0n) is 25.4. The molecule has 1 unspecified atom stereocenters. The molecule has 0 bridgehead atoms. The highest BCUT2D eigenvalue weighted by molar-refractivity contribution is 5.76. The van der Waals surface area contributed by atoms with Crippen LogP contribution in [0.1, 0.15) is 97.8 Å². The van der Waals surface area contributed by atoms with E-state index < -0.39 is 0 Å². The minimum absolute atomic E-state index is 0.110. The van der Waals surface area contributed by atoms with Crippen LogP contribution in [0.4, 0.5) is 0 Å². The molecule has 7 nitrogen and oxygen atoms in total. The van der Waals surface area contributed by atoms with Crippen LogP contribution in [0.5, 0.6) is 0 Å². The van der Waals surface area contributed by atoms with E-state index in [0.717, 1.165) is 84.1 Å². The van der Waals surface area contributed by atoms with Crippen molar-refractivity contribution in [3.8, 4) is 0 Å². The van der Waals surface area contributed by atoms with Crippen molar-refractivity contribution in [2.45, 2.75) is 122 Å². The molecule has 4 saturated carbocycles. The summed E-state index contributed by atoms with van der Waals surface area (Å²) in [7, 11) is 0. The van der Waals surface area contributed by atoms with Gasteiger partial charge in [-0.15, -0.1) is 0 Å². The van der Waals surface area contributed by atoms with E-state index in [1.165, 1.54) is 19.3 Å². The summed E-state index contributed by atoms with van der Waals surface area (Å²) < 4.78 is 0. The van der Waals surface area contributed by atoms with Crippen LogP contribution in [0.15, 0.2) is 0 Å². The first kappa shape index (κ1) is 29.3. The van der Waals surface area contributed by atoms with Crippen LogP contribution in [-0.4, -0.2) is 88.2 Å². The average Bonchev–Trinajstić information content (AvgIpc) is 3.32. The summed E-state index contributed by atoms with van der Waals surface area (Å²) in [6, 6.07) is 0. The molecule has 228 valence electrons. The van der Waals surface area contributed by atoms with Gasteiger partial charge in [0.15, 0.2) is 0 Å². The molecule has 0 spiro atoms. The Kier molecular flexibility index (Phi) is 8.37. The molecule has 4 N–H and O–H groups in total. The van der Waals surface area contributed by atoms with Crippen LogP contribution in [0.3, 0.4) is 0 Å². The molecule has 6 fully saturated rings. The Morgan fingerprint density at radius 3 is 2.45 bits per heavy atom. The van der Waals surface area contributed by atoms with Gasteiger partial charge in [0.1, 0.15) is 0 Å². The first-order valence-electron chi connectivity index (χ1n) is 16.9. The van der Waals surface area contributed by atoms with E-state index in [1.54, 1.807) is 0 Å². The predicted molar refractivity (Wildman–Crippen MR) is 156 cm³/mol. The molecule has 0 radical (unpaired) electrons. The second-order valence-corrected chi connectivity index (χ2v) is 15.4. The minimum atomic E-state index is -0.361. The van der Waals surface area contributed by atoms with Gasteiger partial charge in [-0.2, -0.15) is 0 Å². The standard InChI is InChI=1S/C33H57N3O4/c1-21(7-10-30(40)36-16-14-35(15-17-36)29-6-4-5-13-34-29)24-8-9-25-31-26(20-28(39)33(24,25)3)32(2)12-11-23(37)18-22(32)19-27(31)38/h21-29,31,34,37-39H,4-20H2,1-3H3/t21-,22-,23-,24+,25-,26-,27-,28+,29?,31+,32+,33-/m1/s1. The van der Waals surface area contributed by atoms with Crippen molar-refractivity contribution in [3.63, 3.8) is 0 Å². The van der Waals surface area contributed by atoms with Crippen molar-refractivity contribution in [1.29, 1.82) is 0 Å². The van der Waals surface area contributed by atoms with Crippen LogP contribution < -0.4 is 5.32 Å². The van der Waals surface area contributed by atoms with E-state index in [0.29, 0.717) is 48.1 Å². The molecule has 40 heavy (non-hydrogen) atoms. The molecule has 2 aliphatic heterocycles. The van der Waals surface area contributed by atoms with Gasteiger partial charge in [-0.05, 0) is 124 Å². The molecule has 0 aromatic rings. The third kappa shape index (κ3) is 4.98. The lowest BCUT2D eigenvalue weighted by molar-refractivity contribution is -0.207. The second-order valence-electron chi connectivity index (χ2n) is 15.4. The van der Waals surface area contributed by atoms with Crippen LogP contribution in [0.25, 0.3) is 0 Å². The maximum atomic E-state index is 13.2. The molecule has 0 aromatic carbocycles. The first-order chi connectivity index (χ1) is 19.1. The lowest BCUT2D eigenvalue weighted by Crippen LogP contribution is -2.62. The Bertz CT molecular complexity index is 904. The van der Waals surface area contributed by atoms with Crippen molar-refractivity contribution in [2.75, 3.05) is 32.7 Å². The van der Waals surface area contributed by atoms with Gasteiger partial charge in [-0.1, -0.05) is 20.8 Å². The van der Waals surface area contributed by atoms with Crippen molar-refractivity contribution < 1.29 is 20.1 Å². The molecule has 12 atom stereocenters. The summed E-state index contributed by atoms with van der Waals surface area (Å²) in [5.41, 5.74) is -0.0841. The Balaban J connectivity index is 1.06. The van der Waals surface area contributed by atoms with Crippen LogP contribution in [0, 0.1) is 46.3 Å². The number of carbonyl (C=O) groups excluding carboxylic acids is 1. The van der Waals surface area contributed by atoms with Gasteiger partial charge in [-0.25, -0.2) is 0 Å². The average molecular weight is 560 g/mol. The fraction of sp³-hybridized carbons (Fsp3) is 0.970. The number of aliphatic hydroxyl groups is 3. The van der Waals surface area contributed by atoms with E-state index in [1.807, 2.05) is 0 Å². The maximum absolute atomic E-state index is 13.2. The highest BCUT2D eigenvalue weighted by atomic mass is 16.3. The normalized spacial score (nSPS) is 48.6. The third-order valence-corrected chi connectivity index (χ3v) is 13.7. The van der Waals surface area contributed by atoms with Crippen molar-refractivity contribution in [2.24, 2.45) is 46.3 Å². The van der Waals surface area contributed by atoms with E-state index >= 15 is 0 Å². The largest absolute Gasteiger partial charge is 0.393 e. The number of piperidine rings is 1. The number of hydrogen-bond donors (Lipinski definition) is 4. The Morgan fingerprint density at radius 2 is 1.73 bits per heavy atom. The predicted octanol–water partition coefficient (Wildman–Crippen LogP) is 3.61. The summed E-state index contributed by atoms with van der Waals surface area (Å²) in [5.74, 6) is 2.34. The van der Waals surface area contributed by atoms with Crippen molar-refractivity contribution in [1.82, 2.24) is 15.1 Å².